The first-order chi connectivity index (χ1) is 10.1. The molecule has 4 nitrogen and oxygen atoms in total. The van der Waals surface area contributed by atoms with Gasteiger partial charge in [0, 0.05) is 30.9 Å². The number of ether oxygens (including phenoxy) is 1. The summed E-state index contributed by atoms with van der Waals surface area (Å²) in [7, 11) is 0. The SMILES string of the molecule is CCn1nccc1CNC(C)c1ccccc1OC(C)C. The number of nitrogens with one attached hydrogen (secondary N) is 1. The van der Waals surface area contributed by atoms with Crippen molar-refractivity contribution in [3.8, 4) is 5.75 Å². The number of rotatable bonds is 7. The molecule has 0 aliphatic heterocycles. The van der Waals surface area contributed by atoms with Crippen molar-refractivity contribution >= 4 is 0 Å². The van der Waals surface area contributed by atoms with Crippen LogP contribution in [0, 0.1) is 0 Å². The number of hydrogen-bond donors (Lipinski definition) is 1. The van der Waals surface area contributed by atoms with Gasteiger partial charge in [0.25, 0.3) is 0 Å². The van der Waals surface area contributed by atoms with Crippen molar-refractivity contribution in [3.63, 3.8) is 0 Å². The maximum Gasteiger partial charge on any atom is 0.124 e. The Hall–Kier alpha value is -1.81. The molecule has 0 aliphatic rings. The fraction of sp³-hybridized carbons (Fsp3) is 0.471. The largest absolute Gasteiger partial charge is 0.491 e. The molecule has 0 aliphatic carbocycles. The highest BCUT2D eigenvalue weighted by Crippen LogP contribution is 2.25. The molecular weight excluding hydrogens is 262 g/mol. The molecule has 0 saturated heterocycles. The maximum atomic E-state index is 5.89. The predicted molar refractivity (Wildman–Crippen MR) is 85.4 cm³/mol. The van der Waals surface area contributed by atoms with Crippen molar-refractivity contribution in [2.24, 2.45) is 0 Å². The Balaban J connectivity index is 2.05. The Labute approximate surface area is 127 Å². The predicted octanol–water partition coefficient (Wildman–Crippen LogP) is 3.54. The average Bonchev–Trinajstić information content (AvgIpc) is 2.92. The molecule has 1 N–H and O–H groups in total. The molecule has 0 amide bonds. The van der Waals surface area contributed by atoms with Gasteiger partial charge in [-0.2, -0.15) is 5.10 Å². The molecular formula is C17H25N3O. The first-order valence-electron chi connectivity index (χ1n) is 7.61. The summed E-state index contributed by atoms with van der Waals surface area (Å²) < 4.78 is 7.90. The van der Waals surface area contributed by atoms with Gasteiger partial charge in [-0.1, -0.05) is 18.2 Å². The number of aryl methyl sites for hydroxylation is 1. The van der Waals surface area contributed by atoms with Crippen molar-refractivity contribution in [2.75, 3.05) is 0 Å². The Morgan fingerprint density at radius 3 is 2.67 bits per heavy atom. The van der Waals surface area contributed by atoms with E-state index in [1.807, 2.05) is 23.0 Å². The Kier molecular flexibility index (Phi) is 5.39. The van der Waals surface area contributed by atoms with Crippen LogP contribution in [0.3, 0.4) is 0 Å². The van der Waals surface area contributed by atoms with Gasteiger partial charge in [0.2, 0.25) is 0 Å². The van der Waals surface area contributed by atoms with E-state index in [1.54, 1.807) is 0 Å². The van der Waals surface area contributed by atoms with Gasteiger partial charge in [-0.15, -0.1) is 0 Å². The fourth-order valence-corrected chi connectivity index (χ4v) is 2.36. The monoisotopic (exact) mass is 287 g/mol. The minimum absolute atomic E-state index is 0.180. The van der Waals surface area contributed by atoms with Gasteiger partial charge in [-0.25, -0.2) is 0 Å². The van der Waals surface area contributed by atoms with Gasteiger partial charge in [0.05, 0.1) is 11.8 Å². The summed E-state index contributed by atoms with van der Waals surface area (Å²) in [5.41, 5.74) is 2.39. The molecule has 1 unspecified atom stereocenters. The van der Waals surface area contributed by atoms with Crippen molar-refractivity contribution in [2.45, 2.75) is 52.9 Å². The molecule has 2 rings (SSSR count). The van der Waals surface area contributed by atoms with Gasteiger partial charge in [-0.3, -0.25) is 4.68 Å². The number of aromatic nitrogens is 2. The minimum Gasteiger partial charge on any atom is -0.491 e. The van der Waals surface area contributed by atoms with Crippen molar-refractivity contribution in [1.82, 2.24) is 15.1 Å². The molecule has 1 aromatic carbocycles. The smallest absolute Gasteiger partial charge is 0.124 e. The van der Waals surface area contributed by atoms with Crippen LogP contribution in [0.15, 0.2) is 36.5 Å². The van der Waals surface area contributed by atoms with E-state index in [4.69, 9.17) is 4.74 Å². The topological polar surface area (TPSA) is 39.1 Å². The van der Waals surface area contributed by atoms with Gasteiger partial charge in [0.1, 0.15) is 5.75 Å². The summed E-state index contributed by atoms with van der Waals surface area (Å²) in [4.78, 5) is 0. The second kappa shape index (κ2) is 7.27. The lowest BCUT2D eigenvalue weighted by molar-refractivity contribution is 0.238. The Bertz CT molecular complexity index is 563. The number of benzene rings is 1. The van der Waals surface area contributed by atoms with Crippen molar-refractivity contribution < 1.29 is 4.74 Å². The molecule has 4 heteroatoms. The first-order valence-corrected chi connectivity index (χ1v) is 7.61. The summed E-state index contributed by atoms with van der Waals surface area (Å²) >= 11 is 0. The average molecular weight is 287 g/mol. The van der Waals surface area contributed by atoms with Crippen LogP contribution in [-0.2, 0) is 13.1 Å². The number of para-hydroxylation sites is 1. The number of nitrogens with zero attached hydrogens (tertiary/aromatic N) is 2. The van der Waals surface area contributed by atoms with Gasteiger partial charge < -0.3 is 10.1 Å². The standard InChI is InChI=1S/C17H25N3O/c1-5-20-15(10-11-19-20)12-18-14(4)16-8-6-7-9-17(16)21-13(2)3/h6-11,13-14,18H,5,12H2,1-4H3. The van der Waals surface area contributed by atoms with Crippen molar-refractivity contribution in [1.29, 1.82) is 0 Å². The van der Waals surface area contributed by atoms with Crippen LogP contribution in [0.5, 0.6) is 5.75 Å². The van der Waals surface area contributed by atoms with Crippen LogP contribution >= 0.6 is 0 Å². The molecule has 1 aromatic heterocycles. The van der Waals surface area contributed by atoms with Crippen LogP contribution in [0.1, 0.15) is 45.0 Å². The third kappa shape index (κ3) is 4.08. The molecule has 1 heterocycles. The van der Waals surface area contributed by atoms with E-state index in [0.717, 1.165) is 18.8 Å². The molecule has 0 bridgehead atoms. The molecule has 0 spiro atoms. The maximum absolute atomic E-state index is 5.89. The third-order valence-corrected chi connectivity index (χ3v) is 3.44. The lowest BCUT2D eigenvalue weighted by atomic mass is 10.1. The van der Waals surface area contributed by atoms with Crippen LogP contribution in [0.2, 0.25) is 0 Å². The molecule has 0 radical (unpaired) electrons. The van der Waals surface area contributed by atoms with E-state index in [9.17, 15) is 0 Å². The van der Waals surface area contributed by atoms with Gasteiger partial charge in [0.15, 0.2) is 0 Å². The second-order valence-corrected chi connectivity index (χ2v) is 5.45. The summed E-state index contributed by atoms with van der Waals surface area (Å²) in [6.07, 6.45) is 2.03. The van der Waals surface area contributed by atoms with E-state index < -0.39 is 0 Å². The van der Waals surface area contributed by atoms with E-state index >= 15 is 0 Å². The van der Waals surface area contributed by atoms with Crippen molar-refractivity contribution in [3.05, 3.63) is 47.8 Å². The van der Waals surface area contributed by atoms with Crippen LogP contribution in [-0.4, -0.2) is 15.9 Å². The molecule has 2 aromatic rings. The zero-order valence-corrected chi connectivity index (χ0v) is 13.3. The molecule has 1 atom stereocenters. The van der Waals surface area contributed by atoms with Crippen LogP contribution in [0.25, 0.3) is 0 Å². The molecule has 0 fully saturated rings. The molecule has 114 valence electrons. The quantitative estimate of drug-likeness (QED) is 0.846. The second-order valence-electron chi connectivity index (χ2n) is 5.45. The zero-order chi connectivity index (χ0) is 15.2. The fourth-order valence-electron chi connectivity index (χ4n) is 2.36. The van der Waals surface area contributed by atoms with E-state index in [-0.39, 0.29) is 12.1 Å². The van der Waals surface area contributed by atoms with Gasteiger partial charge in [-0.05, 0) is 39.8 Å². The zero-order valence-electron chi connectivity index (χ0n) is 13.3. The lowest BCUT2D eigenvalue weighted by Gasteiger charge is -2.20. The first kappa shape index (κ1) is 15.6. The molecule has 21 heavy (non-hydrogen) atoms. The lowest BCUT2D eigenvalue weighted by Crippen LogP contribution is -2.21. The summed E-state index contributed by atoms with van der Waals surface area (Å²) in [6, 6.07) is 10.5. The highest BCUT2D eigenvalue weighted by molar-refractivity contribution is 5.35. The normalized spacial score (nSPS) is 12.6. The van der Waals surface area contributed by atoms with Crippen LogP contribution in [0.4, 0.5) is 0 Å². The minimum atomic E-state index is 0.180. The highest BCUT2D eigenvalue weighted by atomic mass is 16.5. The van der Waals surface area contributed by atoms with E-state index in [2.05, 4.69) is 56.3 Å². The Morgan fingerprint density at radius 1 is 1.19 bits per heavy atom. The highest BCUT2D eigenvalue weighted by Gasteiger charge is 2.12. The van der Waals surface area contributed by atoms with E-state index in [1.165, 1.54) is 11.3 Å². The van der Waals surface area contributed by atoms with Gasteiger partial charge >= 0.3 is 0 Å². The molecule has 0 saturated carbocycles. The van der Waals surface area contributed by atoms with E-state index in [0.29, 0.717) is 0 Å². The third-order valence-electron chi connectivity index (χ3n) is 3.44. The van der Waals surface area contributed by atoms with Crippen LogP contribution < -0.4 is 10.1 Å². The summed E-state index contributed by atoms with van der Waals surface area (Å²) in [5.74, 6) is 0.955. The number of hydrogen-bond acceptors (Lipinski definition) is 3. The summed E-state index contributed by atoms with van der Waals surface area (Å²) in [5, 5.41) is 7.84. The summed E-state index contributed by atoms with van der Waals surface area (Å²) in [6.45, 7) is 10.1. The Morgan fingerprint density at radius 2 is 1.95 bits per heavy atom.